The average molecular weight is 231 g/mol. The maximum Gasteiger partial charge on any atom is 0.416 e. The average Bonchev–Trinajstić information content (AvgIpc) is 2.64. The van der Waals surface area contributed by atoms with Gasteiger partial charge in [0.2, 0.25) is 0 Å². The first-order chi connectivity index (χ1) is 7.47. The highest BCUT2D eigenvalue weighted by molar-refractivity contribution is 5.27. The first kappa shape index (κ1) is 11.4. The summed E-state index contributed by atoms with van der Waals surface area (Å²) in [5.41, 5.74) is 11.5. The van der Waals surface area contributed by atoms with Crippen LogP contribution in [0.25, 0.3) is 0 Å². The minimum atomic E-state index is -4.28. The maximum atomic E-state index is 12.3. The fourth-order valence-electron chi connectivity index (χ4n) is 1.70. The van der Waals surface area contributed by atoms with Crippen LogP contribution >= 0.6 is 0 Å². The zero-order valence-corrected chi connectivity index (χ0v) is 8.38. The van der Waals surface area contributed by atoms with Crippen LogP contribution in [0.3, 0.4) is 0 Å². The molecule has 0 aliphatic carbocycles. The Morgan fingerprint density at radius 1 is 1.12 bits per heavy atom. The van der Waals surface area contributed by atoms with Gasteiger partial charge in [-0.25, -0.2) is 10.9 Å². The lowest BCUT2D eigenvalue weighted by molar-refractivity contribution is -0.137. The Labute approximate surface area is 90.8 Å². The highest BCUT2D eigenvalue weighted by Gasteiger charge is 2.30. The quantitative estimate of drug-likeness (QED) is 0.687. The van der Waals surface area contributed by atoms with Crippen LogP contribution in [0, 0.1) is 0 Å². The Balaban J connectivity index is 2.14. The molecule has 0 radical (unpaired) electrons. The van der Waals surface area contributed by atoms with Gasteiger partial charge in [-0.15, -0.1) is 0 Å². The minimum absolute atomic E-state index is 0.0303. The standard InChI is InChI=1S/C10H12F3N3/c11-10(12,13)7-3-1-6(2-4-7)8-5-9(14)16-15-8/h1-4,8-9,15-16H,5,14H2. The SMILES string of the molecule is NC1CC(c2ccc(C(F)(F)F)cc2)NN1. The Bertz CT molecular complexity index is 361. The van der Waals surface area contributed by atoms with E-state index in [1.165, 1.54) is 12.1 Å². The molecule has 6 heteroatoms. The summed E-state index contributed by atoms with van der Waals surface area (Å²) >= 11 is 0. The lowest BCUT2D eigenvalue weighted by Crippen LogP contribution is -2.36. The van der Waals surface area contributed by atoms with E-state index in [0.29, 0.717) is 6.42 Å². The lowest BCUT2D eigenvalue weighted by atomic mass is 10.0. The highest BCUT2D eigenvalue weighted by Crippen LogP contribution is 2.30. The first-order valence-electron chi connectivity index (χ1n) is 4.90. The van der Waals surface area contributed by atoms with Crippen molar-refractivity contribution in [2.75, 3.05) is 0 Å². The van der Waals surface area contributed by atoms with Gasteiger partial charge in [-0.3, -0.25) is 0 Å². The largest absolute Gasteiger partial charge is 0.416 e. The van der Waals surface area contributed by atoms with Crippen LogP contribution in [0.4, 0.5) is 13.2 Å². The van der Waals surface area contributed by atoms with Crippen molar-refractivity contribution in [2.24, 2.45) is 5.73 Å². The molecule has 1 aromatic rings. The van der Waals surface area contributed by atoms with E-state index in [4.69, 9.17) is 5.73 Å². The molecule has 88 valence electrons. The molecule has 1 saturated heterocycles. The van der Waals surface area contributed by atoms with Gasteiger partial charge in [-0.2, -0.15) is 13.2 Å². The van der Waals surface area contributed by atoms with Crippen LogP contribution in [-0.2, 0) is 6.18 Å². The van der Waals surface area contributed by atoms with Crippen molar-refractivity contribution < 1.29 is 13.2 Å². The summed E-state index contributed by atoms with van der Waals surface area (Å²) in [6, 6.07) is 5.08. The molecule has 0 spiro atoms. The van der Waals surface area contributed by atoms with Gasteiger partial charge in [0.1, 0.15) is 0 Å². The summed E-state index contributed by atoms with van der Waals surface area (Å²) in [6.07, 6.45) is -3.78. The molecule has 4 N–H and O–H groups in total. The molecule has 16 heavy (non-hydrogen) atoms. The van der Waals surface area contributed by atoms with Crippen molar-refractivity contribution in [1.29, 1.82) is 0 Å². The minimum Gasteiger partial charge on any atom is -0.315 e. The predicted octanol–water partition coefficient (Wildman–Crippen LogP) is 1.53. The van der Waals surface area contributed by atoms with E-state index in [1.54, 1.807) is 0 Å². The molecule has 1 fully saturated rings. The van der Waals surface area contributed by atoms with Gasteiger partial charge in [-0.05, 0) is 24.1 Å². The van der Waals surface area contributed by atoms with E-state index in [-0.39, 0.29) is 12.2 Å². The second-order valence-corrected chi connectivity index (χ2v) is 3.80. The summed E-state index contributed by atoms with van der Waals surface area (Å²) in [5, 5.41) is 0. The summed E-state index contributed by atoms with van der Waals surface area (Å²) in [6.45, 7) is 0. The Kier molecular flexibility index (Phi) is 2.88. The zero-order valence-electron chi connectivity index (χ0n) is 8.38. The molecule has 0 aromatic heterocycles. The number of halogens is 3. The number of benzene rings is 1. The fraction of sp³-hybridized carbons (Fsp3) is 0.400. The van der Waals surface area contributed by atoms with Crippen LogP contribution in [0.15, 0.2) is 24.3 Å². The normalized spacial score (nSPS) is 26.0. The van der Waals surface area contributed by atoms with Crippen molar-refractivity contribution in [1.82, 2.24) is 10.9 Å². The topological polar surface area (TPSA) is 50.1 Å². The fourth-order valence-corrected chi connectivity index (χ4v) is 1.70. The van der Waals surface area contributed by atoms with Crippen molar-refractivity contribution in [3.05, 3.63) is 35.4 Å². The number of alkyl halides is 3. The Morgan fingerprint density at radius 3 is 2.19 bits per heavy atom. The van der Waals surface area contributed by atoms with Crippen LogP contribution in [-0.4, -0.2) is 6.17 Å². The molecule has 0 bridgehead atoms. The maximum absolute atomic E-state index is 12.3. The van der Waals surface area contributed by atoms with Gasteiger partial charge in [0.05, 0.1) is 11.7 Å². The number of hydrazine groups is 1. The third-order valence-electron chi connectivity index (χ3n) is 2.57. The van der Waals surface area contributed by atoms with Gasteiger partial charge >= 0.3 is 6.18 Å². The number of nitrogens with two attached hydrogens (primary N) is 1. The smallest absolute Gasteiger partial charge is 0.315 e. The number of hydrogen-bond donors (Lipinski definition) is 3. The first-order valence-corrected chi connectivity index (χ1v) is 4.90. The molecule has 3 nitrogen and oxygen atoms in total. The van der Waals surface area contributed by atoms with E-state index in [1.807, 2.05) is 0 Å². The molecule has 1 heterocycles. The van der Waals surface area contributed by atoms with Crippen molar-refractivity contribution >= 4 is 0 Å². The van der Waals surface area contributed by atoms with Crippen LogP contribution in [0.5, 0.6) is 0 Å². The van der Waals surface area contributed by atoms with E-state index < -0.39 is 11.7 Å². The van der Waals surface area contributed by atoms with Gasteiger partial charge in [0, 0.05) is 6.04 Å². The lowest BCUT2D eigenvalue weighted by Gasteiger charge is -2.11. The molecule has 2 rings (SSSR count). The molecule has 0 saturated carbocycles. The molecule has 0 amide bonds. The Hall–Kier alpha value is -1.11. The van der Waals surface area contributed by atoms with Crippen LogP contribution < -0.4 is 16.6 Å². The Morgan fingerprint density at radius 2 is 1.75 bits per heavy atom. The molecule has 1 aromatic carbocycles. The van der Waals surface area contributed by atoms with Gasteiger partial charge in [0.25, 0.3) is 0 Å². The monoisotopic (exact) mass is 231 g/mol. The molecule has 1 aliphatic heterocycles. The highest BCUT2D eigenvalue weighted by atomic mass is 19.4. The van der Waals surface area contributed by atoms with E-state index >= 15 is 0 Å². The van der Waals surface area contributed by atoms with Crippen molar-refractivity contribution in [2.45, 2.75) is 24.8 Å². The third-order valence-corrected chi connectivity index (χ3v) is 2.57. The number of nitrogens with one attached hydrogen (secondary N) is 2. The summed E-state index contributed by atoms with van der Waals surface area (Å²) in [4.78, 5) is 0. The summed E-state index contributed by atoms with van der Waals surface area (Å²) in [5.74, 6) is 0. The van der Waals surface area contributed by atoms with E-state index in [0.717, 1.165) is 17.7 Å². The zero-order chi connectivity index (χ0) is 11.8. The number of rotatable bonds is 1. The van der Waals surface area contributed by atoms with E-state index in [2.05, 4.69) is 10.9 Å². The molecular weight excluding hydrogens is 219 g/mol. The van der Waals surface area contributed by atoms with Gasteiger partial charge in [-0.1, -0.05) is 12.1 Å². The van der Waals surface area contributed by atoms with Crippen molar-refractivity contribution in [3.63, 3.8) is 0 Å². The third kappa shape index (κ3) is 2.34. The predicted molar refractivity (Wildman–Crippen MR) is 53.0 cm³/mol. The van der Waals surface area contributed by atoms with Gasteiger partial charge in [0.15, 0.2) is 0 Å². The molecule has 2 atom stereocenters. The number of hydrogen-bond acceptors (Lipinski definition) is 3. The van der Waals surface area contributed by atoms with Crippen LogP contribution in [0.2, 0.25) is 0 Å². The second-order valence-electron chi connectivity index (χ2n) is 3.80. The van der Waals surface area contributed by atoms with Crippen molar-refractivity contribution in [3.8, 4) is 0 Å². The molecular formula is C10H12F3N3. The van der Waals surface area contributed by atoms with E-state index in [9.17, 15) is 13.2 Å². The second kappa shape index (κ2) is 4.04. The molecule has 2 unspecified atom stereocenters. The van der Waals surface area contributed by atoms with Gasteiger partial charge < -0.3 is 5.73 Å². The summed E-state index contributed by atoms with van der Waals surface area (Å²) in [7, 11) is 0. The van der Waals surface area contributed by atoms with Crippen LogP contribution in [0.1, 0.15) is 23.6 Å². The molecule has 1 aliphatic rings. The summed E-state index contributed by atoms with van der Waals surface area (Å²) < 4.78 is 36.9.